The van der Waals surface area contributed by atoms with Gasteiger partial charge in [-0.25, -0.2) is 0 Å². The van der Waals surface area contributed by atoms with Gasteiger partial charge in [-0.05, 0) is 50.3 Å². The van der Waals surface area contributed by atoms with Crippen LogP contribution in [0.3, 0.4) is 0 Å². The highest BCUT2D eigenvalue weighted by Crippen LogP contribution is 2.40. The van der Waals surface area contributed by atoms with Gasteiger partial charge in [0.1, 0.15) is 6.04 Å². The fraction of sp³-hybridized carbons (Fsp3) is 0.650. The van der Waals surface area contributed by atoms with Crippen LogP contribution in [0.15, 0.2) is 18.2 Å². The first-order valence-corrected chi connectivity index (χ1v) is 11.8. The molecule has 0 spiro atoms. The number of ether oxygens (including phenoxy) is 3. The topological polar surface area (TPSA) is 85.4 Å². The molecule has 160 valence electrons. The molecular weight excluding hydrogens is 396 g/mol. The lowest BCUT2D eigenvalue weighted by molar-refractivity contribution is -0.146. The van der Waals surface area contributed by atoms with Crippen LogP contribution < -0.4 is 9.47 Å². The second-order valence-electron chi connectivity index (χ2n) is 7.55. The smallest absolute Gasteiger partial charge is 0.324 e. The Bertz CT molecular complexity index is 859. The minimum atomic E-state index is -3.78. The number of nitrogens with zero attached hydrogens (tertiary/aromatic N) is 2. The SMILES string of the molecule is CCOC(=O)[C@@H]1CCCN1S(=O)(=O)N1CCC[C@H]1c1ccc2c(c1)OCCCO2. The molecule has 0 saturated carbocycles. The predicted octanol–water partition coefficient (Wildman–Crippen LogP) is 2.26. The fourth-order valence-electron chi connectivity index (χ4n) is 4.36. The molecule has 0 radical (unpaired) electrons. The van der Waals surface area contributed by atoms with Crippen LogP contribution in [-0.2, 0) is 19.7 Å². The van der Waals surface area contributed by atoms with Crippen LogP contribution in [0.2, 0.25) is 0 Å². The highest BCUT2D eigenvalue weighted by atomic mass is 32.2. The van der Waals surface area contributed by atoms with Crippen molar-refractivity contribution in [3.63, 3.8) is 0 Å². The van der Waals surface area contributed by atoms with Crippen LogP contribution in [0.5, 0.6) is 11.5 Å². The number of hydrogen-bond acceptors (Lipinski definition) is 6. The molecule has 2 atom stereocenters. The summed E-state index contributed by atoms with van der Waals surface area (Å²) in [6, 6.07) is 4.66. The molecule has 2 saturated heterocycles. The molecule has 0 amide bonds. The zero-order valence-corrected chi connectivity index (χ0v) is 17.5. The van der Waals surface area contributed by atoms with E-state index in [4.69, 9.17) is 14.2 Å². The maximum absolute atomic E-state index is 13.5. The Morgan fingerprint density at radius 3 is 2.59 bits per heavy atom. The average molecular weight is 425 g/mol. The summed E-state index contributed by atoms with van der Waals surface area (Å²) in [5.41, 5.74) is 0.891. The summed E-state index contributed by atoms with van der Waals surface area (Å²) in [7, 11) is -3.78. The first kappa shape index (κ1) is 20.4. The molecule has 3 aliphatic rings. The Labute approximate surface area is 171 Å². The summed E-state index contributed by atoms with van der Waals surface area (Å²) in [6.45, 7) is 3.95. The van der Waals surface area contributed by atoms with Crippen LogP contribution in [0, 0.1) is 0 Å². The number of fused-ring (bicyclic) bond motifs is 1. The van der Waals surface area contributed by atoms with Crippen molar-refractivity contribution in [2.24, 2.45) is 0 Å². The van der Waals surface area contributed by atoms with Crippen molar-refractivity contribution in [1.29, 1.82) is 0 Å². The molecule has 8 nitrogen and oxygen atoms in total. The number of rotatable bonds is 5. The Hall–Kier alpha value is -1.84. The quantitative estimate of drug-likeness (QED) is 0.674. The second kappa shape index (κ2) is 8.49. The van der Waals surface area contributed by atoms with Gasteiger partial charge in [-0.3, -0.25) is 4.79 Å². The summed E-state index contributed by atoms with van der Waals surface area (Å²) in [4.78, 5) is 12.3. The number of esters is 1. The molecule has 2 fully saturated rings. The molecule has 1 aromatic rings. The maximum atomic E-state index is 13.5. The molecule has 3 aliphatic heterocycles. The van der Waals surface area contributed by atoms with E-state index in [0.717, 1.165) is 24.8 Å². The summed E-state index contributed by atoms with van der Waals surface area (Å²) < 4.78 is 46.4. The number of carbonyl (C=O) groups is 1. The molecule has 0 aromatic heterocycles. The van der Waals surface area contributed by atoms with E-state index in [1.54, 1.807) is 6.92 Å². The van der Waals surface area contributed by atoms with Crippen molar-refractivity contribution < 1.29 is 27.4 Å². The standard InChI is InChI=1S/C20H28N2O6S/c1-2-26-20(23)17-7-4-11-22(17)29(24,25)21-10-3-6-16(21)15-8-9-18-19(14-15)28-13-5-12-27-18/h8-9,14,16-17H,2-7,10-13H2,1H3/t16-,17-/m0/s1. The lowest BCUT2D eigenvalue weighted by Gasteiger charge is -2.31. The zero-order valence-electron chi connectivity index (χ0n) is 16.7. The van der Waals surface area contributed by atoms with E-state index in [0.29, 0.717) is 50.6 Å². The van der Waals surface area contributed by atoms with Crippen molar-refractivity contribution in [1.82, 2.24) is 8.61 Å². The second-order valence-corrected chi connectivity index (χ2v) is 9.39. The van der Waals surface area contributed by atoms with E-state index in [2.05, 4.69) is 0 Å². The third kappa shape index (κ3) is 3.95. The van der Waals surface area contributed by atoms with Gasteiger partial charge in [-0.15, -0.1) is 0 Å². The van der Waals surface area contributed by atoms with Crippen LogP contribution in [0.1, 0.15) is 50.6 Å². The van der Waals surface area contributed by atoms with Crippen LogP contribution in [-0.4, -0.2) is 61.9 Å². The van der Waals surface area contributed by atoms with E-state index < -0.39 is 22.2 Å². The van der Waals surface area contributed by atoms with E-state index in [9.17, 15) is 13.2 Å². The van der Waals surface area contributed by atoms with Gasteiger partial charge < -0.3 is 14.2 Å². The third-order valence-corrected chi connectivity index (χ3v) is 7.77. The van der Waals surface area contributed by atoms with Crippen LogP contribution in [0.25, 0.3) is 0 Å². The minimum absolute atomic E-state index is 0.243. The summed E-state index contributed by atoms with van der Waals surface area (Å²) in [6.07, 6.45) is 3.48. The van der Waals surface area contributed by atoms with Gasteiger partial charge in [0.05, 0.1) is 25.9 Å². The van der Waals surface area contributed by atoms with Gasteiger partial charge >= 0.3 is 5.97 Å². The van der Waals surface area contributed by atoms with Gasteiger partial charge in [0, 0.05) is 19.5 Å². The Morgan fingerprint density at radius 1 is 1.07 bits per heavy atom. The number of carbonyl (C=O) groups excluding carboxylic acids is 1. The Morgan fingerprint density at radius 2 is 1.79 bits per heavy atom. The highest BCUT2D eigenvalue weighted by molar-refractivity contribution is 7.86. The van der Waals surface area contributed by atoms with E-state index >= 15 is 0 Å². The molecule has 0 bridgehead atoms. The minimum Gasteiger partial charge on any atom is -0.490 e. The molecule has 4 rings (SSSR count). The molecule has 9 heteroatoms. The van der Waals surface area contributed by atoms with E-state index in [-0.39, 0.29) is 12.6 Å². The summed E-state index contributed by atoms with van der Waals surface area (Å²) in [5.74, 6) is 0.898. The van der Waals surface area contributed by atoms with Crippen molar-refractivity contribution in [2.45, 2.75) is 51.1 Å². The Balaban J connectivity index is 1.59. The summed E-state index contributed by atoms with van der Waals surface area (Å²) in [5, 5.41) is 0. The first-order valence-electron chi connectivity index (χ1n) is 10.4. The average Bonchev–Trinajstić information content (AvgIpc) is 3.34. The molecule has 0 unspecified atom stereocenters. The van der Waals surface area contributed by atoms with E-state index in [1.165, 1.54) is 8.61 Å². The predicted molar refractivity (Wildman–Crippen MR) is 106 cm³/mol. The van der Waals surface area contributed by atoms with Crippen molar-refractivity contribution >= 4 is 16.2 Å². The van der Waals surface area contributed by atoms with Crippen molar-refractivity contribution in [3.05, 3.63) is 23.8 Å². The van der Waals surface area contributed by atoms with Gasteiger partial charge in [0.25, 0.3) is 10.2 Å². The first-order chi connectivity index (χ1) is 14.0. The van der Waals surface area contributed by atoms with Crippen LogP contribution in [0.4, 0.5) is 0 Å². The molecule has 3 heterocycles. The number of benzene rings is 1. The Kier molecular flexibility index (Phi) is 5.98. The van der Waals surface area contributed by atoms with Gasteiger partial charge in [-0.1, -0.05) is 6.07 Å². The zero-order chi connectivity index (χ0) is 20.4. The van der Waals surface area contributed by atoms with Crippen molar-refractivity contribution in [2.75, 3.05) is 32.9 Å². The maximum Gasteiger partial charge on any atom is 0.324 e. The largest absolute Gasteiger partial charge is 0.490 e. The van der Waals surface area contributed by atoms with Gasteiger partial charge in [0.15, 0.2) is 11.5 Å². The lowest BCUT2D eigenvalue weighted by Crippen LogP contribution is -2.48. The number of hydrogen-bond donors (Lipinski definition) is 0. The fourth-order valence-corrected chi connectivity index (χ4v) is 6.41. The monoisotopic (exact) mass is 424 g/mol. The summed E-state index contributed by atoms with van der Waals surface area (Å²) >= 11 is 0. The highest BCUT2D eigenvalue weighted by Gasteiger charge is 2.46. The lowest BCUT2D eigenvalue weighted by atomic mass is 10.0. The van der Waals surface area contributed by atoms with Gasteiger partial charge in [0.2, 0.25) is 0 Å². The van der Waals surface area contributed by atoms with E-state index in [1.807, 2.05) is 18.2 Å². The molecular formula is C20H28N2O6S. The van der Waals surface area contributed by atoms with Crippen LogP contribution >= 0.6 is 0 Å². The molecule has 29 heavy (non-hydrogen) atoms. The molecule has 0 N–H and O–H groups in total. The van der Waals surface area contributed by atoms with Crippen molar-refractivity contribution in [3.8, 4) is 11.5 Å². The van der Waals surface area contributed by atoms with Gasteiger partial charge in [-0.2, -0.15) is 17.0 Å². The third-order valence-electron chi connectivity index (χ3n) is 5.72. The normalized spacial score (nSPS) is 25.7. The molecule has 0 aliphatic carbocycles. The molecule has 1 aromatic carbocycles.